The molecule has 0 saturated heterocycles. The minimum Gasteiger partial charge on any atom is -0.494 e. The number of amides is 4. The van der Waals surface area contributed by atoms with Crippen LogP contribution in [0.1, 0.15) is 63.9 Å². The van der Waals surface area contributed by atoms with Crippen molar-refractivity contribution in [2.45, 2.75) is 77.1 Å². The maximum Gasteiger partial charge on any atom is 0.247 e. The predicted octanol–water partition coefficient (Wildman–Crippen LogP) is 3.29. The van der Waals surface area contributed by atoms with Crippen LogP contribution in [-0.4, -0.2) is 57.2 Å². The first-order valence-corrected chi connectivity index (χ1v) is 18.0. The molecule has 3 rings (SSSR count). The zero-order valence-electron chi connectivity index (χ0n) is 23.1. The normalized spacial score (nSPS) is 19.9. The maximum atomic E-state index is 13.7. The van der Waals surface area contributed by atoms with Gasteiger partial charge in [0.25, 0.3) is 0 Å². The Morgan fingerprint density at radius 3 is 2.60 bits per heavy atom. The van der Waals surface area contributed by atoms with E-state index in [2.05, 4.69) is 21.4 Å². The first-order valence-electron chi connectivity index (χ1n) is 14.0. The molecule has 1 unspecified atom stereocenters. The van der Waals surface area contributed by atoms with Crippen LogP contribution >= 0.6 is 28.5 Å². The van der Waals surface area contributed by atoms with Crippen LogP contribution in [0.3, 0.4) is 0 Å². The summed E-state index contributed by atoms with van der Waals surface area (Å²) in [6.45, 7) is 2.76. The van der Waals surface area contributed by atoms with Crippen LogP contribution < -0.4 is 26.2 Å². The number of hydroxylamine groups is 1. The van der Waals surface area contributed by atoms with Gasteiger partial charge in [0.1, 0.15) is 18.2 Å². The summed E-state index contributed by atoms with van der Waals surface area (Å²) in [6.07, 6.45) is 6.53. The molecular formula is C27H41BIN4O6P. The molecule has 0 aliphatic carbocycles. The second kappa shape index (κ2) is 20.0. The molecule has 4 N–H and O–H groups in total. The number of hydrogen-bond acceptors (Lipinski definition) is 6. The molecule has 1 aromatic rings. The van der Waals surface area contributed by atoms with Gasteiger partial charge < -0.3 is 20.7 Å². The highest BCUT2D eigenvalue weighted by molar-refractivity contribution is 14.2. The van der Waals surface area contributed by atoms with E-state index in [1.807, 2.05) is 53.2 Å². The lowest BCUT2D eigenvalue weighted by Crippen LogP contribution is -2.53. The van der Waals surface area contributed by atoms with Crippen molar-refractivity contribution in [2.24, 2.45) is 11.8 Å². The van der Waals surface area contributed by atoms with Crippen LogP contribution in [0.25, 0.3) is 0 Å². The Hall–Kier alpha value is -1.92. The fourth-order valence-corrected chi connectivity index (χ4v) is 5.03. The third-order valence-corrected chi connectivity index (χ3v) is 7.61. The molecule has 13 heteroatoms. The fraction of sp³-hybridized carbons (Fsp3) is 0.630. The Morgan fingerprint density at radius 2 is 1.90 bits per heavy atom. The molecule has 1 aromatic carbocycles. The molecule has 220 valence electrons. The molecule has 2 aliphatic heterocycles. The van der Waals surface area contributed by atoms with Crippen LogP contribution in [-0.2, 0) is 30.2 Å². The van der Waals surface area contributed by atoms with Gasteiger partial charge in [0.15, 0.2) is 0 Å². The van der Waals surface area contributed by atoms with Crippen LogP contribution in [0.15, 0.2) is 24.3 Å². The highest BCUT2D eigenvalue weighted by Crippen LogP contribution is 2.27. The third-order valence-electron chi connectivity index (χ3n) is 6.77. The lowest BCUT2D eigenvalue weighted by molar-refractivity contribution is -0.140. The SMILES string of the molecule is [B]CCCCCNC(=O)CNC(=O)[C@@H]1Cc2ccc(cc2)OCCC[C@H](C(=O)NOPI)[C@@H](CCCC)C(=O)N1. The zero-order valence-corrected chi connectivity index (χ0v) is 26.3. The minimum atomic E-state index is -0.931. The molecule has 10 nitrogen and oxygen atoms in total. The van der Waals surface area contributed by atoms with Crippen molar-refractivity contribution in [1.29, 1.82) is 0 Å². The Morgan fingerprint density at radius 1 is 1.12 bits per heavy atom. The Balaban J connectivity index is 2.21. The Kier molecular flexibility index (Phi) is 17.2. The van der Waals surface area contributed by atoms with E-state index in [0.29, 0.717) is 44.5 Å². The maximum absolute atomic E-state index is 13.7. The molecule has 2 radical (unpaired) electrons. The number of carbonyl (C=O) groups is 4. The smallest absolute Gasteiger partial charge is 0.247 e. The monoisotopic (exact) mass is 686 g/mol. The molecule has 2 heterocycles. The van der Waals surface area contributed by atoms with E-state index < -0.39 is 23.8 Å². The minimum absolute atomic E-state index is 0.0339. The number of fused-ring (bicyclic) bond motifs is 11. The average molecular weight is 686 g/mol. The third kappa shape index (κ3) is 12.7. The van der Waals surface area contributed by atoms with E-state index in [-0.39, 0.29) is 37.1 Å². The zero-order chi connectivity index (χ0) is 29.2. The average Bonchev–Trinajstić information content (AvgIpc) is 2.95. The quantitative estimate of drug-likeness (QED) is 0.0781. The molecule has 0 fully saturated rings. The first-order chi connectivity index (χ1) is 19.4. The lowest BCUT2D eigenvalue weighted by Gasteiger charge is -2.28. The molecule has 4 atom stereocenters. The van der Waals surface area contributed by atoms with Gasteiger partial charge in [-0.2, -0.15) is 0 Å². The number of benzene rings is 1. The molecule has 40 heavy (non-hydrogen) atoms. The number of ether oxygens (including phenoxy) is 1. The van der Waals surface area contributed by atoms with E-state index in [1.165, 1.54) is 0 Å². The summed E-state index contributed by atoms with van der Waals surface area (Å²) in [6, 6.07) is 6.42. The molecule has 2 aliphatic rings. The summed E-state index contributed by atoms with van der Waals surface area (Å²) in [7, 11) is 5.49. The van der Waals surface area contributed by atoms with Crippen molar-refractivity contribution in [2.75, 3.05) is 19.7 Å². The summed E-state index contributed by atoms with van der Waals surface area (Å²) in [5, 5.41) is 8.35. The van der Waals surface area contributed by atoms with Crippen LogP contribution in [0.5, 0.6) is 5.75 Å². The highest BCUT2D eigenvalue weighted by atomic mass is 127. The van der Waals surface area contributed by atoms with Gasteiger partial charge in [0.05, 0.1) is 26.9 Å². The van der Waals surface area contributed by atoms with Gasteiger partial charge in [-0.1, -0.05) is 51.1 Å². The van der Waals surface area contributed by atoms with E-state index in [0.717, 1.165) is 37.7 Å². The van der Waals surface area contributed by atoms with Crippen molar-refractivity contribution in [1.82, 2.24) is 21.4 Å². The predicted molar refractivity (Wildman–Crippen MR) is 165 cm³/mol. The van der Waals surface area contributed by atoms with Crippen molar-refractivity contribution < 1.29 is 28.5 Å². The largest absolute Gasteiger partial charge is 0.494 e. The summed E-state index contributed by atoms with van der Waals surface area (Å²) in [4.78, 5) is 52.3. The lowest BCUT2D eigenvalue weighted by atomic mass is 9.83. The van der Waals surface area contributed by atoms with Crippen LogP contribution in [0.4, 0.5) is 0 Å². The van der Waals surface area contributed by atoms with Gasteiger partial charge in [0, 0.05) is 18.9 Å². The molecule has 0 aromatic heterocycles. The van der Waals surface area contributed by atoms with E-state index in [9.17, 15) is 19.2 Å². The van der Waals surface area contributed by atoms with Gasteiger partial charge in [0.2, 0.25) is 23.6 Å². The van der Waals surface area contributed by atoms with E-state index >= 15 is 0 Å². The topological polar surface area (TPSA) is 135 Å². The standard InChI is InChI=1S/C27H41BIN4O6P/c1-2-3-8-21-22(26(36)33-39-40-29)9-7-16-38-20-12-10-19(11-13-20)17-23(32-25(21)35)27(37)31-18-24(34)30-15-6-4-5-14-28/h10-13,21-23,40H,2-9,14-18H2,1H3,(H,30,34)(H,31,37)(H,32,35)(H,33,36)/t21-,22+,23+/m1/s1. The number of rotatable bonds is 14. The van der Waals surface area contributed by atoms with E-state index in [4.69, 9.17) is 17.2 Å². The van der Waals surface area contributed by atoms with Gasteiger partial charge in [-0.25, -0.2) is 10.1 Å². The number of unbranched alkanes of at least 4 members (excludes halogenated alkanes) is 3. The number of hydrogen-bond donors (Lipinski definition) is 4. The molecule has 0 spiro atoms. The second-order valence-electron chi connectivity index (χ2n) is 9.82. The molecule has 0 saturated carbocycles. The Labute approximate surface area is 253 Å². The van der Waals surface area contributed by atoms with Crippen molar-refractivity contribution >= 4 is 60.0 Å². The summed E-state index contributed by atoms with van der Waals surface area (Å²) >= 11 is 2.01. The molecule has 2 bridgehead atoms. The first kappa shape index (κ1) is 34.3. The summed E-state index contributed by atoms with van der Waals surface area (Å²) < 4.78 is 11.0. The van der Waals surface area contributed by atoms with Crippen LogP contribution in [0, 0.1) is 11.8 Å². The van der Waals surface area contributed by atoms with Crippen molar-refractivity contribution in [3.63, 3.8) is 0 Å². The van der Waals surface area contributed by atoms with Crippen molar-refractivity contribution in [3.8, 4) is 5.75 Å². The summed E-state index contributed by atoms with van der Waals surface area (Å²) in [5.41, 5.74) is 3.29. The van der Waals surface area contributed by atoms with Gasteiger partial charge in [-0.3, -0.25) is 19.2 Å². The number of halogens is 1. The van der Waals surface area contributed by atoms with E-state index in [1.54, 1.807) is 0 Å². The van der Waals surface area contributed by atoms with Crippen LogP contribution in [0.2, 0.25) is 6.32 Å². The fourth-order valence-electron chi connectivity index (χ4n) is 4.57. The van der Waals surface area contributed by atoms with Gasteiger partial charge in [-0.15, -0.1) is 0 Å². The molecular weight excluding hydrogens is 645 g/mol. The summed E-state index contributed by atoms with van der Waals surface area (Å²) in [5.74, 6) is -2.12. The van der Waals surface area contributed by atoms with Crippen molar-refractivity contribution in [3.05, 3.63) is 29.8 Å². The molecule has 4 amide bonds. The Bertz CT molecular complexity index is 942. The van der Waals surface area contributed by atoms with Gasteiger partial charge >= 0.3 is 0 Å². The number of nitrogens with one attached hydrogen (secondary N) is 4. The second-order valence-corrected chi connectivity index (χ2v) is 11.5. The highest BCUT2D eigenvalue weighted by Gasteiger charge is 2.35. The number of carbonyl (C=O) groups excluding carboxylic acids is 4. The van der Waals surface area contributed by atoms with Gasteiger partial charge in [-0.05, 0) is 65.4 Å².